The molecular weight excluding hydrogens is 414 g/mol. The Hall–Kier alpha value is -2.34. The SMILES string of the molecule is CC1CCN(c2c(NCC3CCC(C(=O)Nc4ccc(Cl)cc4)CC3)c(=O)c2=O)CC1. The molecule has 0 atom stereocenters. The average molecular weight is 444 g/mol. The molecule has 0 radical (unpaired) electrons. The van der Waals surface area contributed by atoms with Crippen molar-refractivity contribution in [2.24, 2.45) is 17.8 Å². The Labute approximate surface area is 187 Å². The molecule has 2 aromatic carbocycles. The van der Waals surface area contributed by atoms with Crippen molar-refractivity contribution >= 4 is 34.6 Å². The number of rotatable bonds is 6. The Morgan fingerprint density at radius 3 is 2.29 bits per heavy atom. The minimum absolute atomic E-state index is 0.00366. The van der Waals surface area contributed by atoms with E-state index in [0.717, 1.165) is 57.3 Å². The Morgan fingerprint density at radius 2 is 1.65 bits per heavy atom. The van der Waals surface area contributed by atoms with Gasteiger partial charge in [-0.3, -0.25) is 14.4 Å². The molecule has 6 nitrogen and oxygen atoms in total. The van der Waals surface area contributed by atoms with Crippen molar-refractivity contribution in [3.05, 3.63) is 49.7 Å². The molecule has 166 valence electrons. The first-order valence-electron chi connectivity index (χ1n) is 11.3. The fraction of sp³-hybridized carbons (Fsp3) is 0.542. The van der Waals surface area contributed by atoms with E-state index in [0.29, 0.717) is 34.8 Å². The van der Waals surface area contributed by atoms with Gasteiger partial charge in [0.05, 0.1) is 0 Å². The maximum Gasteiger partial charge on any atom is 0.253 e. The van der Waals surface area contributed by atoms with Crippen molar-refractivity contribution in [3.63, 3.8) is 0 Å². The van der Waals surface area contributed by atoms with Gasteiger partial charge >= 0.3 is 0 Å². The van der Waals surface area contributed by atoms with Crippen LogP contribution in [0, 0.1) is 17.8 Å². The van der Waals surface area contributed by atoms with Gasteiger partial charge in [-0.15, -0.1) is 0 Å². The summed E-state index contributed by atoms with van der Waals surface area (Å²) in [4.78, 5) is 38.9. The van der Waals surface area contributed by atoms with Gasteiger partial charge in [0, 0.05) is 36.3 Å². The first-order valence-corrected chi connectivity index (χ1v) is 11.7. The van der Waals surface area contributed by atoms with Crippen molar-refractivity contribution in [2.45, 2.75) is 45.4 Å². The predicted molar refractivity (Wildman–Crippen MR) is 126 cm³/mol. The number of hydrogen-bond acceptors (Lipinski definition) is 5. The van der Waals surface area contributed by atoms with E-state index in [2.05, 4.69) is 22.5 Å². The van der Waals surface area contributed by atoms with Crippen LogP contribution in [-0.4, -0.2) is 25.5 Å². The summed E-state index contributed by atoms with van der Waals surface area (Å²) >= 11 is 5.89. The monoisotopic (exact) mass is 443 g/mol. The molecule has 7 heteroatoms. The van der Waals surface area contributed by atoms with E-state index in [1.54, 1.807) is 24.3 Å². The van der Waals surface area contributed by atoms with Gasteiger partial charge in [-0.1, -0.05) is 18.5 Å². The van der Waals surface area contributed by atoms with E-state index >= 15 is 0 Å². The number of benzene rings is 1. The molecule has 2 aromatic rings. The van der Waals surface area contributed by atoms with Gasteiger partial charge in [0.2, 0.25) is 5.91 Å². The summed E-state index contributed by atoms with van der Waals surface area (Å²) in [6, 6.07) is 7.14. The van der Waals surface area contributed by atoms with E-state index < -0.39 is 0 Å². The van der Waals surface area contributed by atoms with Crippen LogP contribution in [0.1, 0.15) is 45.4 Å². The number of carbonyl (C=O) groups excluding carboxylic acids is 1. The zero-order valence-corrected chi connectivity index (χ0v) is 18.7. The summed E-state index contributed by atoms with van der Waals surface area (Å²) in [6.45, 7) is 4.58. The fourth-order valence-electron chi connectivity index (χ4n) is 4.73. The summed E-state index contributed by atoms with van der Waals surface area (Å²) < 4.78 is 0. The molecule has 2 aliphatic rings. The van der Waals surface area contributed by atoms with E-state index in [-0.39, 0.29) is 22.7 Å². The van der Waals surface area contributed by atoms with Crippen molar-refractivity contribution in [3.8, 4) is 0 Å². The highest BCUT2D eigenvalue weighted by molar-refractivity contribution is 6.30. The Morgan fingerprint density at radius 1 is 1.00 bits per heavy atom. The molecule has 0 aromatic heterocycles. The first-order chi connectivity index (χ1) is 14.9. The molecule has 1 heterocycles. The second-order valence-corrected chi connectivity index (χ2v) is 9.58. The van der Waals surface area contributed by atoms with Crippen LogP contribution in [-0.2, 0) is 4.79 Å². The van der Waals surface area contributed by atoms with Gasteiger partial charge < -0.3 is 15.5 Å². The molecule has 2 fully saturated rings. The van der Waals surface area contributed by atoms with Gasteiger partial charge in [0.25, 0.3) is 10.9 Å². The molecule has 0 bridgehead atoms. The van der Waals surface area contributed by atoms with E-state index in [4.69, 9.17) is 11.6 Å². The third-order valence-electron chi connectivity index (χ3n) is 6.88. The lowest BCUT2D eigenvalue weighted by Gasteiger charge is -2.34. The Kier molecular flexibility index (Phi) is 6.65. The number of carbonyl (C=O) groups is 1. The third-order valence-corrected chi connectivity index (χ3v) is 7.13. The molecule has 1 amide bonds. The molecular formula is C24H30ClN3O3. The third kappa shape index (κ3) is 4.95. The maximum absolute atomic E-state index is 12.5. The van der Waals surface area contributed by atoms with Crippen molar-refractivity contribution in [1.82, 2.24) is 0 Å². The zero-order valence-electron chi connectivity index (χ0n) is 18.0. The van der Waals surface area contributed by atoms with Crippen LogP contribution in [0.25, 0.3) is 0 Å². The summed E-state index contributed by atoms with van der Waals surface area (Å²) in [5, 5.41) is 6.89. The first kappa shape index (κ1) is 21.9. The molecule has 1 saturated heterocycles. The average Bonchev–Trinajstić information content (AvgIpc) is 2.79. The molecule has 4 rings (SSSR count). The Bertz CT molecular complexity index is 981. The van der Waals surface area contributed by atoms with E-state index in [9.17, 15) is 14.4 Å². The molecule has 0 spiro atoms. The van der Waals surface area contributed by atoms with Crippen molar-refractivity contribution in [1.29, 1.82) is 0 Å². The van der Waals surface area contributed by atoms with E-state index in [1.807, 2.05) is 0 Å². The van der Waals surface area contributed by atoms with Crippen LogP contribution in [0.3, 0.4) is 0 Å². The quantitative estimate of drug-likeness (QED) is 0.659. The number of amides is 1. The molecule has 1 aliphatic carbocycles. The molecule has 0 unspecified atom stereocenters. The second-order valence-electron chi connectivity index (χ2n) is 9.15. The topological polar surface area (TPSA) is 78.5 Å². The second kappa shape index (κ2) is 9.43. The van der Waals surface area contributed by atoms with Crippen LogP contribution in [0.2, 0.25) is 5.02 Å². The summed E-state index contributed by atoms with van der Waals surface area (Å²) in [5.74, 6) is 1.13. The van der Waals surface area contributed by atoms with Gasteiger partial charge in [-0.05, 0) is 74.6 Å². The minimum Gasteiger partial charge on any atom is -0.380 e. The number of hydrogen-bond donors (Lipinski definition) is 2. The summed E-state index contributed by atoms with van der Waals surface area (Å²) in [7, 11) is 0. The van der Waals surface area contributed by atoms with Crippen LogP contribution in [0.15, 0.2) is 33.9 Å². The maximum atomic E-state index is 12.5. The highest BCUT2D eigenvalue weighted by Gasteiger charge is 2.30. The van der Waals surface area contributed by atoms with Crippen molar-refractivity contribution in [2.75, 3.05) is 35.2 Å². The lowest BCUT2D eigenvalue weighted by atomic mass is 9.81. The minimum atomic E-state index is -0.385. The number of nitrogens with zero attached hydrogens (tertiary/aromatic N) is 1. The molecule has 1 saturated carbocycles. The largest absolute Gasteiger partial charge is 0.380 e. The fourth-order valence-corrected chi connectivity index (χ4v) is 4.86. The van der Waals surface area contributed by atoms with Crippen LogP contribution in [0.4, 0.5) is 17.1 Å². The predicted octanol–water partition coefficient (Wildman–Crippen LogP) is 4.03. The molecule has 31 heavy (non-hydrogen) atoms. The van der Waals surface area contributed by atoms with Crippen LogP contribution in [0.5, 0.6) is 0 Å². The molecule has 2 N–H and O–H groups in total. The zero-order chi connectivity index (χ0) is 22.0. The highest BCUT2D eigenvalue weighted by atomic mass is 35.5. The number of anilines is 3. The van der Waals surface area contributed by atoms with Gasteiger partial charge in [0.15, 0.2) is 0 Å². The number of nitrogens with one attached hydrogen (secondary N) is 2. The lowest BCUT2D eigenvalue weighted by molar-refractivity contribution is -0.121. The van der Waals surface area contributed by atoms with Crippen molar-refractivity contribution < 1.29 is 4.79 Å². The normalized spacial score (nSPS) is 22.5. The van der Waals surface area contributed by atoms with Gasteiger partial charge in [-0.25, -0.2) is 0 Å². The summed E-state index contributed by atoms with van der Waals surface area (Å²) in [5.41, 5.74) is 1.12. The summed E-state index contributed by atoms with van der Waals surface area (Å²) in [6.07, 6.45) is 5.62. The molecule has 1 aliphatic heterocycles. The van der Waals surface area contributed by atoms with Crippen LogP contribution >= 0.6 is 11.6 Å². The Balaban J connectivity index is 1.26. The highest BCUT2D eigenvalue weighted by Crippen LogP contribution is 2.31. The van der Waals surface area contributed by atoms with Crippen LogP contribution < -0.4 is 26.4 Å². The standard InChI is InChI=1S/C24H30ClN3O3/c1-15-10-12-28(13-11-15)21-20(22(29)23(21)30)26-14-16-2-4-17(5-3-16)24(31)27-19-8-6-18(25)7-9-19/h6-9,15-17,26H,2-5,10-14H2,1H3,(H,27,31). The van der Waals surface area contributed by atoms with Gasteiger partial charge in [-0.2, -0.15) is 0 Å². The number of piperidine rings is 1. The number of halogens is 1. The lowest BCUT2D eigenvalue weighted by Crippen LogP contribution is -2.45. The smallest absolute Gasteiger partial charge is 0.253 e. The van der Waals surface area contributed by atoms with E-state index in [1.165, 1.54) is 0 Å². The van der Waals surface area contributed by atoms with Gasteiger partial charge in [0.1, 0.15) is 11.4 Å².